The number of aromatic nitrogens is 1. The first kappa shape index (κ1) is 11.2. The van der Waals surface area contributed by atoms with E-state index in [-0.39, 0.29) is 6.10 Å². The summed E-state index contributed by atoms with van der Waals surface area (Å²) in [5, 5.41) is 1.31. The molecule has 0 radical (unpaired) electrons. The van der Waals surface area contributed by atoms with E-state index in [0.29, 0.717) is 6.61 Å². The highest BCUT2D eigenvalue weighted by atomic mass is 16.5. The molecule has 0 fully saturated rings. The lowest BCUT2D eigenvalue weighted by molar-refractivity contribution is 0.0663. The molecule has 0 saturated heterocycles. The highest BCUT2D eigenvalue weighted by molar-refractivity contribution is 5.86. The zero-order valence-electron chi connectivity index (χ0n) is 10.4. The molecule has 0 saturated carbocycles. The highest BCUT2D eigenvalue weighted by Crippen LogP contribution is 2.24. The Hall–Kier alpha value is -1.28. The Morgan fingerprint density at radius 3 is 2.75 bits per heavy atom. The highest BCUT2D eigenvalue weighted by Gasteiger charge is 2.08. The molecule has 1 aromatic carbocycles. The number of para-hydroxylation sites is 1. The molecule has 1 aromatic heterocycles. The molecule has 0 aliphatic heterocycles. The molecule has 0 bridgehead atoms. The van der Waals surface area contributed by atoms with Gasteiger partial charge in [0.2, 0.25) is 0 Å². The minimum absolute atomic E-state index is 0.278. The Morgan fingerprint density at radius 2 is 2.06 bits per heavy atom. The fourth-order valence-electron chi connectivity index (χ4n) is 2.13. The quantitative estimate of drug-likeness (QED) is 0.768. The van der Waals surface area contributed by atoms with E-state index < -0.39 is 0 Å². The maximum Gasteiger partial charge on any atom is 0.0741 e. The van der Waals surface area contributed by atoms with Gasteiger partial charge in [0.05, 0.1) is 18.2 Å². The summed E-state index contributed by atoms with van der Waals surface area (Å²) in [6.07, 6.45) is 2.44. The lowest BCUT2D eigenvalue weighted by Gasteiger charge is -2.06. The van der Waals surface area contributed by atoms with E-state index >= 15 is 0 Å². The number of ether oxygens (including phenoxy) is 1. The minimum atomic E-state index is 0.278. The van der Waals surface area contributed by atoms with E-state index in [0.717, 1.165) is 0 Å². The summed E-state index contributed by atoms with van der Waals surface area (Å²) in [7, 11) is 2.09. The summed E-state index contributed by atoms with van der Waals surface area (Å²) in [4.78, 5) is 0. The van der Waals surface area contributed by atoms with Gasteiger partial charge in [-0.2, -0.15) is 0 Å². The summed E-state index contributed by atoms with van der Waals surface area (Å²) in [5.41, 5.74) is 3.90. The molecule has 86 valence electrons. The third-order valence-corrected chi connectivity index (χ3v) is 2.86. The number of fused-ring (bicyclic) bond motifs is 1. The summed E-state index contributed by atoms with van der Waals surface area (Å²) in [5.74, 6) is 0. The molecule has 2 aromatic rings. The molecule has 2 nitrogen and oxygen atoms in total. The molecule has 0 atom stereocenters. The van der Waals surface area contributed by atoms with E-state index in [1.165, 1.54) is 22.0 Å². The van der Waals surface area contributed by atoms with Crippen molar-refractivity contribution < 1.29 is 4.74 Å². The van der Waals surface area contributed by atoms with Crippen molar-refractivity contribution in [2.45, 2.75) is 33.5 Å². The van der Waals surface area contributed by atoms with Crippen LogP contribution >= 0.6 is 0 Å². The van der Waals surface area contributed by atoms with E-state index in [1.807, 2.05) is 0 Å². The van der Waals surface area contributed by atoms with Gasteiger partial charge < -0.3 is 9.30 Å². The molecule has 16 heavy (non-hydrogen) atoms. The van der Waals surface area contributed by atoms with Gasteiger partial charge >= 0.3 is 0 Å². The predicted octanol–water partition coefficient (Wildman–Crippen LogP) is 3.41. The van der Waals surface area contributed by atoms with Crippen molar-refractivity contribution in [3.05, 3.63) is 35.5 Å². The Kier molecular flexibility index (Phi) is 3.01. The second kappa shape index (κ2) is 4.30. The van der Waals surface area contributed by atoms with Crippen LogP contribution in [-0.4, -0.2) is 10.7 Å². The van der Waals surface area contributed by atoms with Crippen LogP contribution in [0.1, 0.15) is 25.0 Å². The molecule has 2 heteroatoms. The van der Waals surface area contributed by atoms with Gasteiger partial charge in [0.1, 0.15) is 0 Å². The smallest absolute Gasteiger partial charge is 0.0741 e. The molecule has 0 amide bonds. The maximum atomic E-state index is 5.68. The second-order valence-corrected chi connectivity index (χ2v) is 4.60. The van der Waals surface area contributed by atoms with E-state index in [1.54, 1.807) is 0 Å². The number of rotatable bonds is 3. The Labute approximate surface area is 96.8 Å². The molecular formula is C14H19NO. The van der Waals surface area contributed by atoms with Crippen LogP contribution in [-0.2, 0) is 18.4 Å². The summed E-state index contributed by atoms with van der Waals surface area (Å²) < 4.78 is 7.86. The number of benzene rings is 1. The van der Waals surface area contributed by atoms with Crippen molar-refractivity contribution in [1.29, 1.82) is 0 Å². The van der Waals surface area contributed by atoms with Crippen molar-refractivity contribution in [2.24, 2.45) is 7.05 Å². The van der Waals surface area contributed by atoms with Gasteiger partial charge in [-0.15, -0.1) is 0 Å². The third-order valence-electron chi connectivity index (χ3n) is 2.86. The topological polar surface area (TPSA) is 14.2 Å². The average Bonchev–Trinajstić information content (AvgIpc) is 2.54. The fraction of sp³-hybridized carbons (Fsp3) is 0.429. The van der Waals surface area contributed by atoms with Crippen LogP contribution in [0.4, 0.5) is 0 Å². The Balaban J connectivity index is 2.43. The first-order valence-corrected chi connectivity index (χ1v) is 5.74. The van der Waals surface area contributed by atoms with Gasteiger partial charge in [-0.3, -0.25) is 0 Å². The number of hydrogen-bond acceptors (Lipinski definition) is 1. The molecule has 0 unspecified atom stereocenters. The van der Waals surface area contributed by atoms with Crippen LogP contribution in [0, 0.1) is 6.92 Å². The van der Waals surface area contributed by atoms with Crippen LogP contribution in [0.25, 0.3) is 10.9 Å². The van der Waals surface area contributed by atoms with E-state index in [2.05, 4.69) is 56.8 Å². The standard InChI is InChI=1S/C14H19NO/c1-10(2)16-9-12-8-15(4)14-11(3)6-5-7-13(12)14/h5-8,10H,9H2,1-4H3. The van der Waals surface area contributed by atoms with E-state index in [4.69, 9.17) is 4.74 Å². The number of hydrogen-bond donors (Lipinski definition) is 0. The van der Waals surface area contributed by atoms with Gasteiger partial charge in [0, 0.05) is 24.2 Å². The molecule has 0 aliphatic rings. The molecule has 0 spiro atoms. The van der Waals surface area contributed by atoms with Crippen LogP contribution in [0.5, 0.6) is 0 Å². The molecule has 1 heterocycles. The molecular weight excluding hydrogens is 198 g/mol. The zero-order chi connectivity index (χ0) is 11.7. The monoisotopic (exact) mass is 217 g/mol. The van der Waals surface area contributed by atoms with E-state index in [9.17, 15) is 0 Å². The summed E-state index contributed by atoms with van der Waals surface area (Å²) >= 11 is 0. The van der Waals surface area contributed by atoms with Gasteiger partial charge in [0.25, 0.3) is 0 Å². The van der Waals surface area contributed by atoms with Crippen molar-refractivity contribution >= 4 is 10.9 Å². The number of aryl methyl sites for hydroxylation is 2. The van der Waals surface area contributed by atoms with Crippen LogP contribution in [0.3, 0.4) is 0 Å². The number of nitrogens with zero attached hydrogens (tertiary/aromatic N) is 1. The summed E-state index contributed by atoms with van der Waals surface area (Å²) in [6.45, 7) is 6.97. The molecule has 2 rings (SSSR count). The largest absolute Gasteiger partial charge is 0.374 e. The Morgan fingerprint density at radius 1 is 1.31 bits per heavy atom. The van der Waals surface area contributed by atoms with Crippen LogP contribution < -0.4 is 0 Å². The third kappa shape index (κ3) is 1.98. The SMILES string of the molecule is Cc1cccc2c(COC(C)C)cn(C)c12. The van der Waals surface area contributed by atoms with Crippen LogP contribution in [0.15, 0.2) is 24.4 Å². The normalized spacial score (nSPS) is 11.6. The average molecular weight is 217 g/mol. The first-order chi connectivity index (χ1) is 7.59. The summed E-state index contributed by atoms with van der Waals surface area (Å²) in [6, 6.07) is 6.42. The predicted molar refractivity (Wildman–Crippen MR) is 67.6 cm³/mol. The van der Waals surface area contributed by atoms with Gasteiger partial charge in [-0.25, -0.2) is 0 Å². The van der Waals surface area contributed by atoms with Crippen molar-refractivity contribution in [3.63, 3.8) is 0 Å². The van der Waals surface area contributed by atoms with Gasteiger partial charge in [-0.1, -0.05) is 18.2 Å². The Bertz CT molecular complexity index is 497. The van der Waals surface area contributed by atoms with Crippen molar-refractivity contribution in [3.8, 4) is 0 Å². The minimum Gasteiger partial charge on any atom is -0.374 e. The van der Waals surface area contributed by atoms with Gasteiger partial charge in [0.15, 0.2) is 0 Å². The maximum absolute atomic E-state index is 5.68. The fourth-order valence-corrected chi connectivity index (χ4v) is 2.13. The zero-order valence-corrected chi connectivity index (χ0v) is 10.4. The lowest BCUT2D eigenvalue weighted by atomic mass is 10.1. The molecule has 0 aliphatic carbocycles. The van der Waals surface area contributed by atoms with Crippen molar-refractivity contribution in [2.75, 3.05) is 0 Å². The second-order valence-electron chi connectivity index (χ2n) is 4.60. The van der Waals surface area contributed by atoms with Gasteiger partial charge in [-0.05, 0) is 26.3 Å². The van der Waals surface area contributed by atoms with Crippen molar-refractivity contribution in [1.82, 2.24) is 4.57 Å². The lowest BCUT2D eigenvalue weighted by Crippen LogP contribution is -2.01. The van der Waals surface area contributed by atoms with Crippen LogP contribution in [0.2, 0.25) is 0 Å². The first-order valence-electron chi connectivity index (χ1n) is 5.74. The molecule has 0 N–H and O–H groups in total.